The molecule has 1 aliphatic heterocycles. The van der Waals surface area contributed by atoms with Gasteiger partial charge in [-0.05, 0) is 64.8 Å². The van der Waals surface area contributed by atoms with E-state index in [2.05, 4.69) is 10.0 Å². The van der Waals surface area contributed by atoms with Crippen molar-refractivity contribution in [2.75, 3.05) is 25.0 Å². The van der Waals surface area contributed by atoms with E-state index < -0.39 is 10.0 Å². The van der Waals surface area contributed by atoms with Crippen molar-refractivity contribution in [1.29, 1.82) is 0 Å². The molecule has 1 unspecified atom stereocenters. The molecule has 0 bridgehead atoms. The predicted octanol–water partition coefficient (Wildman–Crippen LogP) is 0.558. The highest BCUT2D eigenvalue weighted by Gasteiger charge is 2.34. The van der Waals surface area contributed by atoms with E-state index in [-0.39, 0.29) is 34.8 Å². The fourth-order valence-corrected chi connectivity index (χ4v) is 4.73. The summed E-state index contributed by atoms with van der Waals surface area (Å²) >= 11 is 0. The molecule has 2 rings (SSSR count). The lowest BCUT2D eigenvalue weighted by atomic mass is 9.97. The number of quaternary nitrogens is 1. The first-order chi connectivity index (χ1) is 13.6. The van der Waals surface area contributed by atoms with E-state index in [0.717, 1.165) is 24.3 Å². The molecule has 0 aliphatic carbocycles. The second kappa shape index (κ2) is 10.2. The van der Waals surface area contributed by atoms with Crippen molar-refractivity contribution in [3.63, 3.8) is 0 Å². The Hall–Kier alpha value is -1.97. The van der Waals surface area contributed by atoms with Gasteiger partial charge in [0.2, 0.25) is 10.0 Å². The van der Waals surface area contributed by atoms with Crippen LogP contribution in [0.1, 0.15) is 40.5 Å². The zero-order valence-corrected chi connectivity index (χ0v) is 18.3. The lowest BCUT2D eigenvalue weighted by Crippen LogP contribution is -3.18. The number of sulfonamides is 1. The number of anilines is 1. The maximum absolute atomic E-state index is 12.7. The van der Waals surface area contributed by atoms with Crippen molar-refractivity contribution in [2.45, 2.75) is 57.5 Å². The number of hydrogen-bond acceptors (Lipinski definition) is 5. The highest BCUT2D eigenvalue weighted by atomic mass is 32.2. The van der Waals surface area contributed by atoms with E-state index >= 15 is 0 Å². The van der Waals surface area contributed by atoms with Crippen LogP contribution < -0.4 is 14.9 Å². The largest absolute Gasteiger partial charge is 0.466 e. The predicted molar refractivity (Wildman–Crippen MR) is 110 cm³/mol. The second-order valence-corrected chi connectivity index (χ2v) is 9.43. The van der Waals surface area contributed by atoms with Gasteiger partial charge in [0, 0.05) is 11.7 Å². The number of piperidine rings is 1. The lowest BCUT2D eigenvalue weighted by molar-refractivity contribution is -0.921. The van der Waals surface area contributed by atoms with Gasteiger partial charge in [-0.15, -0.1) is 0 Å². The van der Waals surface area contributed by atoms with E-state index in [1.165, 1.54) is 12.1 Å². The van der Waals surface area contributed by atoms with Gasteiger partial charge in [-0.2, -0.15) is 0 Å². The summed E-state index contributed by atoms with van der Waals surface area (Å²) in [5.74, 6) is -0.531. The van der Waals surface area contributed by atoms with Crippen LogP contribution in [0.3, 0.4) is 0 Å². The standard InChI is InChI=1S/C20H31N3O5S/c1-5-28-20(25)16-7-6-12-23(13-16)15(4)19(24)21-17-8-10-18(11-9-17)29(26,27)22-14(2)3/h8-11,14-16,22H,5-7,12-13H2,1-4H3,(H,21,24)/p+1/t15-,16+/m0/s1. The molecule has 8 nitrogen and oxygen atoms in total. The third-order valence-electron chi connectivity index (χ3n) is 5.01. The number of ether oxygens (including phenoxy) is 1. The molecule has 1 amide bonds. The van der Waals surface area contributed by atoms with Crippen molar-refractivity contribution in [3.8, 4) is 0 Å². The topological polar surface area (TPSA) is 106 Å². The smallest absolute Gasteiger partial charge is 0.314 e. The van der Waals surface area contributed by atoms with Gasteiger partial charge in [0.25, 0.3) is 5.91 Å². The van der Waals surface area contributed by atoms with E-state index in [0.29, 0.717) is 18.8 Å². The SMILES string of the molecule is CCOC(=O)[C@@H]1CCC[NH+]([C@@H](C)C(=O)Nc2ccc(S(=O)(=O)NC(C)C)cc2)C1. The highest BCUT2D eigenvalue weighted by Crippen LogP contribution is 2.15. The Morgan fingerprint density at radius 1 is 1.21 bits per heavy atom. The molecule has 1 aromatic rings. The van der Waals surface area contributed by atoms with Gasteiger partial charge in [-0.25, -0.2) is 13.1 Å². The third-order valence-corrected chi connectivity index (χ3v) is 6.68. The number of hydrogen-bond donors (Lipinski definition) is 3. The van der Waals surface area contributed by atoms with E-state index in [1.807, 2.05) is 6.92 Å². The molecule has 0 radical (unpaired) electrons. The molecule has 3 N–H and O–H groups in total. The van der Waals surface area contributed by atoms with Gasteiger partial charge in [-0.3, -0.25) is 9.59 Å². The number of likely N-dealkylation sites (tertiary alicyclic amines) is 1. The first-order valence-electron chi connectivity index (χ1n) is 10.1. The number of benzene rings is 1. The quantitative estimate of drug-likeness (QED) is 0.527. The monoisotopic (exact) mass is 426 g/mol. The average Bonchev–Trinajstić information content (AvgIpc) is 2.67. The van der Waals surface area contributed by atoms with E-state index in [4.69, 9.17) is 4.74 Å². The summed E-state index contributed by atoms with van der Waals surface area (Å²) in [6.45, 7) is 8.89. The van der Waals surface area contributed by atoms with Crippen LogP contribution >= 0.6 is 0 Å². The van der Waals surface area contributed by atoms with Crippen LogP contribution in [0.5, 0.6) is 0 Å². The zero-order valence-electron chi connectivity index (χ0n) is 17.5. The maximum atomic E-state index is 12.7. The molecular weight excluding hydrogens is 394 g/mol. The van der Waals surface area contributed by atoms with Crippen molar-refractivity contribution in [2.24, 2.45) is 5.92 Å². The minimum Gasteiger partial charge on any atom is -0.466 e. The number of amides is 1. The minimum absolute atomic E-state index is 0.149. The first kappa shape index (κ1) is 23.3. The Balaban J connectivity index is 1.98. The van der Waals surface area contributed by atoms with E-state index in [1.54, 1.807) is 32.9 Å². The Morgan fingerprint density at radius 2 is 1.86 bits per heavy atom. The average molecular weight is 427 g/mol. The summed E-state index contributed by atoms with van der Waals surface area (Å²) < 4.78 is 32.0. The molecule has 1 saturated heterocycles. The minimum atomic E-state index is -3.57. The summed E-state index contributed by atoms with van der Waals surface area (Å²) in [6.07, 6.45) is 1.66. The molecular formula is C20H32N3O5S+. The summed E-state index contributed by atoms with van der Waals surface area (Å²) in [4.78, 5) is 25.9. The highest BCUT2D eigenvalue weighted by molar-refractivity contribution is 7.89. The molecule has 0 saturated carbocycles. The summed E-state index contributed by atoms with van der Waals surface area (Å²) in [7, 11) is -3.57. The summed E-state index contributed by atoms with van der Waals surface area (Å²) in [5.41, 5.74) is 0.531. The van der Waals surface area contributed by atoms with Gasteiger partial charge in [0.1, 0.15) is 5.92 Å². The summed E-state index contributed by atoms with van der Waals surface area (Å²) in [5, 5.41) is 2.84. The van der Waals surface area contributed by atoms with Crippen LogP contribution in [0, 0.1) is 5.92 Å². The number of nitrogens with one attached hydrogen (secondary N) is 3. The molecule has 0 spiro atoms. The second-order valence-electron chi connectivity index (χ2n) is 7.71. The first-order valence-corrected chi connectivity index (χ1v) is 11.6. The molecule has 3 atom stereocenters. The Kier molecular flexibility index (Phi) is 8.18. The van der Waals surface area contributed by atoms with Crippen LogP contribution in [0.15, 0.2) is 29.2 Å². The van der Waals surface area contributed by atoms with Crippen LogP contribution in [-0.2, 0) is 24.3 Å². The molecule has 29 heavy (non-hydrogen) atoms. The van der Waals surface area contributed by atoms with Crippen LogP contribution in [-0.4, -0.2) is 52.1 Å². The van der Waals surface area contributed by atoms with Gasteiger partial charge in [-0.1, -0.05) is 0 Å². The third kappa shape index (κ3) is 6.52. The molecule has 1 aromatic carbocycles. The number of esters is 1. The Bertz CT molecular complexity index is 808. The van der Waals surface area contributed by atoms with Gasteiger partial charge >= 0.3 is 5.97 Å². The van der Waals surface area contributed by atoms with Crippen molar-refractivity contribution >= 4 is 27.6 Å². The van der Waals surface area contributed by atoms with Crippen molar-refractivity contribution in [1.82, 2.24) is 4.72 Å². The maximum Gasteiger partial charge on any atom is 0.314 e. The normalized spacial score (nSPS) is 20.9. The molecule has 1 heterocycles. The van der Waals surface area contributed by atoms with Crippen molar-refractivity contribution < 1.29 is 27.6 Å². The van der Waals surface area contributed by atoms with Crippen LogP contribution in [0.4, 0.5) is 5.69 Å². The Morgan fingerprint density at radius 3 is 2.45 bits per heavy atom. The van der Waals surface area contributed by atoms with Gasteiger partial charge in [0.05, 0.1) is 24.6 Å². The molecule has 1 fully saturated rings. The summed E-state index contributed by atoms with van der Waals surface area (Å²) in [6, 6.07) is 5.55. The zero-order chi connectivity index (χ0) is 21.6. The van der Waals surface area contributed by atoms with Crippen LogP contribution in [0.2, 0.25) is 0 Å². The molecule has 9 heteroatoms. The lowest BCUT2D eigenvalue weighted by Gasteiger charge is -2.32. The van der Waals surface area contributed by atoms with Gasteiger partial charge < -0.3 is 15.0 Å². The van der Waals surface area contributed by atoms with Crippen LogP contribution in [0.25, 0.3) is 0 Å². The number of carbonyl (C=O) groups excluding carboxylic acids is 2. The van der Waals surface area contributed by atoms with Crippen molar-refractivity contribution in [3.05, 3.63) is 24.3 Å². The fraction of sp³-hybridized carbons (Fsp3) is 0.600. The van der Waals surface area contributed by atoms with Gasteiger partial charge in [0.15, 0.2) is 6.04 Å². The fourth-order valence-electron chi connectivity index (χ4n) is 3.48. The molecule has 162 valence electrons. The number of rotatable bonds is 8. The number of carbonyl (C=O) groups is 2. The van der Waals surface area contributed by atoms with E-state index in [9.17, 15) is 18.0 Å². The Labute approximate surface area is 173 Å². The molecule has 0 aromatic heterocycles. The molecule has 1 aliphatic rings.